The number of carbonyl (C=O) groups excluding carboxylic acids is 1. The van der Waals surface area contributed by atoms with E-state index in [1.54, 1.807) is 0 Å². The lowest BCUT2D eigenvalue weighted by atomic mass is 10.1. The third-order valence-corrected chi connectivity index (χ3v) is 3.14. The highest BCUT2D eigenvalue weighted by Gasteiger charge is 2.27. The van der Waals surface area contributed by atoms with Gasteiger partial charge in [-0.05, 0) is 18.6 Å². The second-order valence-electron chi connectivity index (χ2n) is 4.68. The van der Waals surface area contributed by atoms with Gasteiger partial charge in [0, 0.05) is 0 Å². The van der Waals surface area contributed by atoms with Crippen LogP contribution in [0, 0.1) is 47.6 Å². The normalized spacial score (nSPS) is 10.8. The van der Waals surface area contributed by atoms with E-state index in [1.807, 2.05) is 0 Å². The summed E-state index contributed by atoms with van der Waals surface area (Å²) in [5, 5.41) is 0. The topological polar surface area (TPSA) is 26.3 Å². The molecule has 0 fully saturated rings. The zero-order valence-electron chi connectivity index (χ0n) is 11.8. The van der Waals surface area contributed by atoms with Gasteiger partial charge in [0.05, 0.1) is 5.56 Å². The summed E-state index contributed by atoms with van der Waals surface area (Å²) < 4.78 is 97.2. The van der Waals surface area contributed by atoms with Crippen molar-refractivity contribution in [3.8, 4) is 0 Å². The number of halogens is 7. The molecule has 9 heteroatoms. The third-order valence-electron chi connectivity index (χ3n) is 3.14. The fourth-order valence-electron chi connectivity index (χ4n) is 1.83. The highest BCUT2D eigenvalue weighted by Crippen LogP contribution is 2.24. The molecule has 0 aromatic heterocycles. The molecule has 0 bridgehead atoms. The molecule has 0 atom stereocenters. The maximum atomic E-state index is 13.7. The Morgan fingerprint density at radius 3 is 1.88 bits per heavy atom. The summed E-state index contributed by atoms with van der Waals surface area (Å²) in [6.45, 7) is -0.187. The summed E-state index contributed by atoms with van der Waals surface area (Å²) in [5.74, 6) is -15.5. The predicted molar refractivity (Wildman–Crippen MR) is 66.4 cm³/mol. The van der Waals surface area contributed by atoms with Gasteiger partial charge in [0.25, 0.3) is 0 Å². The number of benzene rings is 2. The van der Waals surface area contributed by atoms with Gasteiger partial charge in [-0.3, -0.25) is 0 Å². The first-order chi connectivity index (χ1) is 11.2. The average Bonchev–Trinajstić information content (AvgIpc) is 2.55. The Bertz CT molecular complexity index is 804. The van der Waals surface area contributed by atoms with Gasteiger partial charge in [-0.2, -0.15) is 0 Å². The molecule has 0 heterocycles. The van der Waals surface area contributed by atoms with Crippen LogP contribution < -0.4 is 0 Å². The minimum absolute atomic E-state index is 0.111. The zero-order chi connectivity index (χ0) is 18.2. The van der Waals surface area contributed by atoms with E-state index in [9.17, 15) is 35.5 Å². The number of aryl methyl sites for hydroxylation is 1. The van der Waals surface area contributed by atoms with Crippen molar-refractivity contribution >= 4 is 5.97 Å². The fraction of sp³-hybridized carbons (Fsp3) is 0.133. The van der Waals surface area contributed by atoms with Crippen molar-refractivity contribution in [2.75, 3.05) is 0 Å². The number of rotatable bonds is 3. The van der Waals surface area contributed by atoms with E-state index in [1.165, 1.54) is 6.92 Å². The van der Waals surface area contributed by atoms with Crippen LogP contribution in [0.4, 0.5) is 30.7 Å². The van der Waals surface area contributed by atoms with Crippen LogP contribution >= 0.6 is 0 Å². The molecule has 24 heavy (non-hydrogen) atoms. The van der Waals surface area contributed by atoms with Crippen LogP contribution in [0.1, 0.15) is 21.5 Å². The molecule has 0 amide bonds. The molecule has 0 unspecified atom stereocenters. The lowest BCUT2D eigenvalue weighted by Crippen LogP contribution is -2.14. The molecule has 2 aromatic carbocycles. The van der Waals surface area contributed by atoms with Gasteiger partial charge in [-0.25, -0.2) is 35.5 Å². The fourth-order valence-corrected chi connectivity index (χ4v) is 1.83. The lowest BCUT2D eigenvalue weighted by Gasteiger charge is -2.10. The molecule has 128 valence electrons. The van der Waals surface area contributed by atoms with E-state index in [0.29, 0.717) is 0 Å². The number of hydrogen-bond acceptors (Lipinski definition) is 2. The lowest BCUT2D eigenvalue weighted by molar-refractivity contribution is 0.0450. The number of ether oxygens (including phenoxy) is 1. The van der Waals surface area contributed by atoms with Crippen LogP contribution in [0.2, 0.25) is 0 Å². The van der Waals surface area contributed by atoms with Crippen molar-refractivity contribution in [1.29, 1.82) is 0 Å². The molecule has 0 N–H and O–H groups in total. The Hall–Kier alpha value is -2.58. The highest BCUT2D eigenvalue weighted by atomic mass is 19.2. The van der Waals surface area contributed by atoms with E-state index in [4.69, 9.17) is 0 Å². The molecule has 2 rings (SSSR count). The summed E-state index contributed by atoms with van der Waals surface area (Å²) in [4.78, 5) is 11.7. The highest BCUT2D eigenvalue weighted by molar-refractivity contribution is 5.90. The first kappa shape index (κ1) is 17.8. The quantitative estimate of drug-likeness (QED) is 0.356. The first-order valence-corrected chi connectivity index (χ1v) is 6.28. The van der Waals surface area contributed by atoms with Gasteiger partial charge in [0.2, 0.25) is 5.82 Å². The van der Waals surface area contributed by atoms with E-state index in [2.05, 4.69) is 4.74 Å². The van der Waals surface area contributed by atoms with Gasteiger partial charge >= 0.3 is 5.97 Å². The minimum Gasteiger partial charge on any atom is -0.457 e. The van der Waals surface area contributed by atoms with Crippen LogP contribution in [0.15, 0.2) is 12.1 Å². The van der Waals surface area contributed by atoms with Gasteiger partial charge < -0.3 is 4.74 Å². The zero-order valence-corrected chi connectivity index (χ0v) is 11.8. The summed E-state index contributed by atoms with van der Waals surface area (Å²) >= 11 is 0. The van der Waals surface area contributed by atoms with Crippen LogP contribution in [-0.4, -0.2) is 5.97 Å². The Balaban J connectivity index is 2.33. The summed E-state index contributed by atoms with van der Waals surface area (Å²) in [5.41, 5.74) is -2.69. The molecule has 0 saturated heterocycles. The van der Waals surface area contributed by atoms with Gasteiger partial charge in [-0.15, -0.1) is 0 Å². The Morgan fingerprint density at radius 2 is 1.33 bits per heavy atom. The Morgan fingerprint density at radius 1 is 0.833 bits per heavy atom. The van der Waals surface area contributed by atoms with E-state index in [-0.39, 0.29) is 5.56 Å². The summed E-state index contributed by atoms with van der Waals surface area (Å²) in [6.07, 6.45) is 0. The van der Waals surface area contributed by atoms with Gasteiger partial charge in [0.1, 0.15) is 23.8 Å². The van der Waals surface area contributed by atoms with Gasteiger partial charge in [-0.1, -0.05) is 6.07 Å². The van der Waals surface area contributed by atoms with Gasteiger partial charge in [0.15, 0.2) is 23.3 Å². The summed E-state index contributed by atoms with van der Waals surface area (Å²) in [6, 6.07) is 1.79. The first-order valence-electron chi connectivity index (χ1n) is 6.28. The second kappa shape index (κ2) is 6.50. The molecular formula is C15H7F7O2. The molecule has 0 aliphatic carbocycles. The van der Waals surface area contributed by atoms with E-state index >= 15 is 0 Å². The molecule has 0 aliphatic rings. The van der Waals surface area contributed by atoms with Crippen LogP contribution in [0.25, 0.3) is 0 Å². The van der Waals surface area contributed by atoms with Crippen molar-refractivity contribution < 1.29 is 40.3 Å². The number of carbonyl (C=O) groups is 1. The standard InChI is InChI=1S/C15H7F7O2/c1-5-2-3-7(16)8(9(5)17)15(23)24-4-6-10(18)12(20)14(22)13(21)11(6)19/h2-3H,4H2,1H3. The molecule has 0 spiro atoms. The van der Waals surface area contributed by atoms with Crippen molar-refractivity contribution in [1.82, 2.24) is 0 Å². The van der Waals surface area contributed by atoms with E-state index < -0.39 is 64.4 Å². The third kappa shape index (κ3) is 2.93. The molecule has 0 radical (unpaired) electrons. The summed E-state index contributed by atoms with van der Waals surface area (Å²) in [7, 11) is 0. The number of hydrogen-bond donors (Lipinski definition) is 0. The van der Waals surface area contributed by atoms with Crippen LogP contribution in [-0.2, 0) is 11.3 Å². The molecule has 2 aromatic rings. The largest absolute Gasteiger partial charge is 0.457 e. The van der Waals surface area contributed by atoms with Crippen LogP contribution in [0.3, 0.4) is 0 Å². The van der Waals surface area contributed by atoms with Crippen molar-refractivity contribution in [2.45, 2.75) is 13.5 Å². The number of esters is 1. The maximum absolute atomic E-state index is 13.7. The van der Waals surface area contributed by atoms with Crippen molar-refractivity contribution in [3.63, 3.8) is 0 Å². The second-order valence-corrected chi connectivity index (χ2v) is 4.68. The SMILES string of the molecule is Cc1ccc(F)c(C(=O)OCc2c(F)c(F)c(F)c(F)c2F)c1F. The van der Waals surface area contributed by atoms with Crippen molar-refractivity contribution in [2.24, 2.45) is 0 Å². The predicted octanol–water partition coefficient (Wildman–Crippen LogP) is 4.33. The smallest absolute Gasteiger partial charge is 0.344 e. The molecule has 0 aliphatic heterocycles. The van der Waals surface area contributed by atoms with Crippen molar-refractivity contribution in [3.05, 3.63) is 69.5 Å². The Kier molecular flexibility index (Phi) is 4.81. The molecular weight excluding hydrogens is 345 g/mol. The minimum atomic E-state index is -2.38. The molecule has 2 nitrogen and oxygen atoms in total. The molecule has 0 saturated carbocycles. The average molecular weight is 352 g/mol. The van der Waals surface area contributed by atoms with Crippen LogP contribution in [0.5, 0.6) is 0 Å². The maximum Gasteiger partial charge on any atom is 0.344 e. The Labute approximate surface area is 130 Å². The van der Waals surface area contributed by atoms with E-state index in [0.717, 1.165) is 12.1 Å². The monoisotopic (exact) mass is 352 g/mol.